The molecule has 0 aliphatic carbocycles. The van der Waals surface area contributed by atoms with E-state index in [-0.39, 0.29) is 22.8 Å². The largest absolute Gasteiger partial charge is 0.496 e. The zero-order chi connectivity index (χ0) is 23.5. The minimum atomic E-state index is -3.86. The zero-order valence-corrected chi connectivity index (χ0v) is 19.2. The van der Waals surface area contributed by atoms with E-state index in [4.69, 9.17) is 9.47 Å². The standard InChI is InChI=1S/C23H26N2O6S/c1-5-31-22(26)20-18(13-32(28,29)16-11-10-14(2)15(3)12-16)24-23(27)25-21(20)17-8-6-7-9-19(17)30-4/h6-12,21H,5,13H2,1-4H3,(H2,24,25,27). The van der Waals surface area contributed by atoms with E-state index in [1.165, 1.54) is 13.2 Å². The van der Waals surface area contributed by atoms with Gasteiger partial charge in [0.2, 0.25) is 0 Å². The van der Waals surface area contributed by atoms with Crippen LogP contribution in [0.1, 0.15) is 29.7 Å². The molecule has 9 heteroatoms. The molecule has 0 fully saturated rings. The Balaban J connectivity index is 2.14. The number of para-hydroxylation sites is 1. The first-order valence-electron chi connectivity index (χ1n) is 10.1. The third kappa shape index (κ3) is 4.77. The van der Waals surface area contributed by atoms with E-state index in [9.17, 15) is 18.0 Å². The van der Waals surface area contributed by atoms with E-state index in [1.807, 2.05) is 13.8 Å². The van der Waals surface area contributed by atoms with Gasteiger partial charge < -0.3 is 20.1 Å². The maximum atomic E-state index is 13.2. The van der Waals surface area contributed by atoms with Gasteiger partial charge in [0.05, 0.1) is 36.0 Å². The molecule has 2 aromatic carbocycles. The van der Waals surface area contributed by atoms with Crippen molar-refractivity contribution < 1.29 is 27.5 Å². The number of carbonyl (C=O) groups is 2. The van der Waals surface area contributed by atoms with Gasteiger partial charge in [-0.2, -0.15) is 0 Å². The monoisotopic (exact) mass is 458 g/mol. The molecular formula is C23H26N2O6S. The van der Waals surface area contributed by atoms with Crippen LogP contribution in [0.4, 0.5) is 4.79 Å². The summed E-state index contributed by atoms with van der Waals surface area (Å²) >= 11 is 0. The van der Waals surface area contributed by atoms with Crippen LogP contribution in [-0.4, -0.2) is 39.9 Å². The summed E-state index contributed by atoms with van der Waals surface area (Å²) in [6.07, 6.45) is 0. The Bertz CT molecular complexity index is 1190. The summed E-state index contributed by atoms with van der Waals surface area (Å²) in [4.78, 5) is 25.5. The number of sulfone groups is 1. The van der Waals surface area contributed by atoms with Gasteiger partial charge in [0, 0.05) is 11.3 Å². The highest BCUT2D eigenvalue weighted by Gasteiger charge is 2.37. The molecule has 0 spiro atoms. The molecule has 8 nitrogen and oxygen atoms in total. The lowest BCUT2D eigenvalue weighted by Gasteiger charge is -2.30. The highest BCUT2D eigenvalue weighted by Crippen LogP contribution is 2.34. The van der Waals surface area contributed by atoms with Crippen molar-refractivity contribution in [2.45, 2.75) is 31.7 Å². The van der Waals surface area contributed by atoms with E-state index in [0.29, 0.717) is 11.3 Å². The van der Waals surface area contributed by atoms with Crippen molar-refractivity contribution in [3.8, 4) is 5.75 Å². The van der Waals surface area contributed by atoms with Crippen molar-refractivity contribution >= 4 is 21.8 Å². The first kappa shape index (κ1) is 23.3. The summed E-state index contributed by atoms with van der Waals surface area (Å²) in [6.45, 7) is 5.45. The minimum Gasteiger partial charge on any atom is -0.496 e. The number of urea groups is 1. The number of hydrogen-bond donors (Lipinski definition) is 2. The number of nitrogens with one attached hydrogen (secondary N) is 2. The Kier molecular flexibility index (Phi) is 6.88. The normalized spacial score (nSPS) is 16.2. The van der Waals surface area contributed by atoms with Crippen molar-refractivity contribution in [3.05, 3.63) is 70.4 Å². The van der Waals surface area contributed by atoms with Gasteiger partial charge in [0.1, 0.15) is 5.75 Å². The smallest absolute Gasteiger partial charge is 0.338 e. The molecule has 1 atom stereocenters. The number of methoxy groups -OCH3 is 1. The summed E-state index contributed by atoms with van der Waals surface area (Å²) in [5, 5.41) is 5.19. The number of hydrogen-bond acceptors (Lipinski definition) is 6. The van der Waals surface area contributed by atoms with Crippen LogP contribution in [-0.2, 0) is 19.4 Å². The number of aryl methyl sites for hydroxylation is 2. The summed E-state index contributed by atoms with van der Waals surface area (Å²) in [5.41, 5.74) is 2.28. The summed E-state index contributed by atoms with van der Waals surface area (Å²) in [7, 11) is -2.39. The molecule has 1 aliphatic rings. The van der Waals surface area contributed by atoms with E-state index in [2.05, 4.69) is 10.6 Å². The Hall–Kier alpha value is -3.33. The first-order valence-corrected chi connectivity index (χ1v) is 11.7. The van der Waals surface area contributed by atoms with Gasteiger partial charge >= 0.3 is 12.0 Å². The van der Waals surface area contributed by atoms with Gasteiger partial charge in [0.25, 0.3) is 0 Å². The second-order valence-electron chi connectivity index (χ2n) is 7.39. The molecule has 0 saturated carbocycles. The third-order valence-corrected chi connectivity index (χ3v) is 6.91. The van der Waals surface area contributed by atoms with E-state index >= 15 is 0 Å². The quantitative estimate of drug-likeness (QED) is 0.617. The molecule has 0 aromatic heterocycles. The highest BCUT2D eigenvalue weighted by atomic mass is 32.2. The van der Waals surface area contributed by atoms with Crippen LogP contribution < -0.4 is 15.4 Å². The van der Waals surface area contributed by atoms with Gasteiger partial charge in [-0.1, -0.05) is 24.3 Å². The number of ether oxygens (including phenoxy) is 2. The fourth-order valence-electron chi connectivity index (χ4n) is 3.50. The molecule has 32 heavy (non-hydrogen) atoms. The van der Waals surface area contributed by atoms with Crippen LogP contribution in [0.25, 0.3) is 0 Å². The van der Waals surface area contributed by atoms with E-state index < -0.39 is 33.6 Å². The molecule has 2 aromatic rings. The lowest BCUT2D eigenvalue weighted by molar-refractivity contribution is -0.139. The predicted molar refractivity (Wildman–Crippen MR) is 119 cm³/mol. The summed E-state index contributed by atoms with van der Waals surface area (Å²) < 4.78 is 37.0. The topological polar surface area (TPSA) is 111 Å². The van der Waals surface area contributed by atoms with Crippen molar-refractivity contribution in [1.82, 2.24) is 10.6 Å². The second-order valence-corrected chi connectivity index (χ2v) is 9.38. The van der Waals surface area contributed by atoms with E-state index in [0.717, 1.165) is 11.1 Å². The van der Waals surface area contributed by atoms with Gasteiger partial charge in [-0.3, -0.25) is 0 Å². The summed E-state index contributed by atoms with van der Waals surface area (Å²) in [6, 6.07) is 10.1. The van der Waals surface area contributed by atoms with Gasteiger partial charge in [-0.15, -0.1) is 0 Å². The zero-order valence-electron chi connectivity index (χ0n) is 18.4. The van der Waals surface area contributed by atoms with Crippen molar-refractivity contribution in [3.63, 3.8) is 0 Å². The fourth-order valence-corrected chi connectivity index (χ4v) is 4.91. The van der Waals surface area contributed by atoms with Crippen molar-refractivity contribution in [2.24, 2.45) is 0 Å². The van der Waals surface area contributed by atoms with Crippen LogP contribution in [0.15, 0.2) is 58.6 Å². The predicted octanol–water partition coefficient (Wildman–Crippen LogP) is 2.96. The molecular weight excluding hydrogens is 432 g/mol. The molecule has 0 bridgehead atoms. The maximum Gasteiger partial charge on any atom is 0.338 e. The van der Waals surface area contributed by atoms with Crippen molar-refractivity contribution in [2.75, 3.05) is 19.5 Å². The molecule has 0 saturated heterocycles. The number of carbonyl (C=O) groups excluding carboxylic acids is 2. The molecule has 170 valence electrons. The van der Waals surface area contributed by atoms with Crippen molar-refractivity contribution in [1.29, 1.82) is 0 Å². The second kappa shape index (κ2) is 9.44. The van der Waals surface area contributed by atoms with Gasteiger partial charge in [-0.25, -0.2) is 18.0 Å². The Morgan fingerprint density at radius 2 is 1.81 bits per heavy atom. The Morgan fingerprint density at radius 1 is 1.09 bits per heavy atom. The summed E-state index contributed by atoms with van der Waals surface area (Å²) in [5.74, 6) is -0.845. The molecule has 0 radical (unpaired) electrons. The molecule has 2 amide bonds. The third-order valence-electron chi connectivity index (χ3n) is 5.27. The highest BCUT2D eigenvalue weighted by molar-refractivity contribution is 7.91. The average molecular weight is 459 g/mol. The minimum absolute atomic E-state index is 0.0170. The number of amides is 2. The molecule has 1 unspecified atom stereocenters. The number of benzene rings is 2. The van der Waals surface area contributed by atoms with Crippen LogP contribution in [0.5, 0.6) is 5.75 Å². The van der Waals surface area contributed by atoms with Gasteiger partial charge in [0.15, 0.2) is 9.84 Å². The molecule has 2 N–H and O–H groups in total. The van der Waals surface area contributed by atoms with E-state index in [1.54, 1.807) is 43.3 Å². The van der Waals surface area contributed by atoms with Crippen LogP contribution >= 0.6 is 0 Å². The SMILES string of the molecule is CCOC(=O)C1=C(CS(=O)(=O)c2ccc(C)c(C)c2)NC(=O)NC1c1ccccc1OC. The maximum absolute atomic E-state index is 13.2. The van der Waals surface area contributed by atoms with Crippen LogP contribution in [0, 0.1) is 13.8 Å². The average Bonchev–Trinajstić information content (AvgIpc) is 2.74. The number of esters is 1. The lowest BCUT2D eigenvalue weighted by Crippen LogP contribution is -2.47. The first-order chi connectivity index (χ1) is 15.2. The fraction of sp³-hybridized carbons (Fsp3) is 0.304. The molecule has 1 aliphatic heterocycles. The van der Waals surface area contributed by atoms with Crippen LogP contribution in [0.3, 0.4) is 0 Å². The molecule has 3 rings (SSSR count). The number of rotatable bonds is 7. The van der Waals surface area contributed by atoms with Crippen LogP contribution in [0.2, 0.25) is 0 Å². The lowest BCUT2D eigenvalue weighted by atomic mass is 9.95. The Morgan fingerprint density at radius 3 is 2.47 bits per heavy atom. The molecule has 1 heterocycles. The van der Waals surface area contributed by atoms with Gasteiger partial charge in [-0.05, 0) is 50.1 Å². The Labute approximate surface area is 187 Å².